The van der Waals surface area contributed by atoms with Crippen LogP contribution >= 0.6 is 23.2 Å². The summed E-state index contributed by atoms with van der Waals surface area (Å²) in [5.41, 5.74) is -1.77. The van der Waals surface area contributed by atoms with E-state index in [9.17, 15) is 23.1 Å². The fourth-order valence-corrected chi connectivity index (χ4v) is 7.51. The molecule has 1 aromatic carbocycles. The van der Waals surface area contributed by atoms with Gasteiger partial charge in [-0.15, -0.1) is 6.58 Å². The van der Waals surface area contributed by atoms with Crippen LogP contribution in [0.3, 0.4) is 0 Å². The standard InChI is InChI=1S/C32H40Cl2F3NO2/c1-5-15-30(7-3)19-27(21-9-8-10-23(33)17-21)28(26-14-13-24(34)16-20(26)4)38(29(30)39)25(6-2)18-31(40,22-11-12-22)32(35,36)37/h5,8-10,13-14,17,20,22,25,27-28,40H,1,6-7,11-12,15-16,18-19H2,2-4H3/t20?,25-,27+,28?,30-,31-/m0/s1. The molecule has 1 N–H and O–H groups in total. The van der Waals surface area contributed by atoms with Crippen LogP contribution in [0.2, 0.25) is 5.02 Å². The molecular weight excluding hydrogens is 558 g/mol. The van der Waals surface area contributed by atoms with Crippen LogP contribution < -0.4 is 0 Å². The van der Waals surface area contributed by atoms with Crippen LogP contribution in [0.25, 0.3) is 0 Å². The number of hydrogen-bond donors (Lipinski definition) is 1. The molecule has 4 rings (SSSR count). The number of benzene rings is 1. The van der Waals surface area contributed by atoms with E-state index < -0.39 is 41.6 Å². The molecule has 6 atom stereocenters. The third-order valence-corrected chi connectivity index (χ3v) is 10.0. The number of rotatable bonds is 10. The molecular formula is C32H40Cl2F3NO2. The van der Waals surface area contributed by atoms with Gasteiger partial charge in [0.1, 0.15) is 0 Å². The van der Waals surface area contributed by atoms with Gasteiger partial charge in [0.25, 0.3) is 0 Å². The highest BCUT2D eigenvalue weighted by atomic mass is 35.5. The topological polar surface area (TPSA) is 40.5 Å². The van der Waals surface area contributed by atoms with Crippen LogP contribution in [-0.2, 0) is 4.79 Å². The van der Waals surface area contributed by atoms with E-state index >= 15 is 0 Å². The SMILES string of the molecule is C=CC[C@@]1(CC)C[C@H](c2cccc(Cl)c2)C(C2=CC=C(Cl)CC2C)N([C@@H](CC)C[C@](O)(C2CC2)C(F)(F)F)C1=O. The average molecular weight is 599 g/mol. The van der Waals surface area contributed by atoms with Crippen molar-refractivity contribution in [3.05, 3.63) is 70.3 Å². The first-order chi connectivity index (χ1) is 18.8. The van der Waals surface area contributed by atoms with Crippen molar-refractivity contribution in [3.63, 3.8) is 0 Å². The summed E-state index contributed by atoms with van der Waals surface area (Å²) < 4.78 is 43.3. The van der Waals surface area contributed by atoms with E-state index in [4.69, 9.17) is 23.2 Å². The first-order valence-corrected chi connectivity index (χ1v) is 15.1. The molecule has 2 fully saturated rings. The molecule has 0 radical (unpaired) electrons. The summed E-state index contributed by atoms with van der Waals surface area (Å²) in [5, 5.41) is 12.4. The van der Waals surface area contributed by atoms with Gasteiger partial charge in [-0.25, -0.2) is 0 Å². The molecule has 1 aliphatic heterocycles. The minimum Gasteiger partial charge on any atom is -0.380 e. The molecule has 1 amide bonds. The van der Waals surface area contributed by atoms with Crippen LogP contribution in [0.5, 0.6) is 0 Å². The lowest BCUT2D eigenvalue weighted by Crippen LogP contribution is -2.63. The Kier molecular flexibility index (Phi) is 9.24. The van der Waals surface area contributed by atoms with Crippen molar-refractivity contribution < 1.29 is 23.1 Å². The largest absolute Gasteiger partial charge is 0.417 e. The second kappa shape index (κ2) is 11.9. The number of carbonyl (C=O) groups excluding carboxylic acids is 1. The summed E-state index contributed by atoms with van der Waals surface area (Å²) in [5.74, 6) is -1.25. The molecule has 1 heterocycles. The Morgan fingerprint density at radius 2 is 1.93 bits per heavy atom. The summed E-state index contributed by atoms with van der Waals surface area (Å²) in [6.45, 7) is 9.72. The van der Waals surface area contributed by atoms with Gasteiger partial charge < -0.3 is 10.0 Å². The van der Waals surface area contributed by atoms with Gasteiger partial charge in [0.2, 0.25) is 5.91 Å². The van der Waals surface area contributed by atoms with Crippen molar-refractivity contribution in [1.82, 2.24) is 4.90 Å². The Balaban J connectivity index is 1.93. The normalized spacial score (nSPS) is 29.9. The molecule has 0 spiro atoms. The third kappa shape index (κ3) is 5.78. The molecule has 1 saturated heterocycles. The molecule has 3 aliphatic rings. The molecule has 3 nitrogen and oxygen atoms in total. The minimum atomic E-state index is -4.79. The summed E-state index contributed by atoms with van der Waals surface area (Å²) in [7, 11) is 0. The van der Waals surface area contributed by atoms with E-state index in [1.807, 2.05) is 44.2 Å². The smallest absolute Gasteiger partial charge is 0.380 e. The maximum Gasteiger partial charge on any atom is 0.417 e. The van der Waals surface area contributed by atoms with Crippen LogP contribution in [0.1, 0.15) is 83.6 Å². The molecule has 2 aliphatic carbocycles. The highest BCUT2D eigenvalue weighted by Crippen LogP contribution is 2.55. The summed E-state index contributed by atoms with van der Waals surface area (Å²) in [4.78, 5) is 16.4. The predicted molar refractivity (Wildman–Crippen MR) is 155 cm³/mol. The zero-order valence-electron chi connectivity index (χ0n) is 23.5. The number of halogens is 5. The van der Waals surface area contributed by atoms with Crippen molar-refractivity contribution in [2.45, 2.75) is 102 Å². The van der Waals surface area contributed by atoms with Crippen LogP contribution in [0, 0.1) is 17.3 Å². The Bertz CT molecular complexity index is 1180. The number of likely N-dealkylation sites (tertiary alicyclic amines) is 1. The van der Waals surface area contributed by atoms with E-state index in [-0.39, 0.29) is 24.2 Å². The van der Waals surface area contributed by atoms with Crippen LogP contribution in [0.4, 0.5) is 13.2 Å². The number of carbonyl (C=O) groups is 1. The summed E-state index contributed by atoms with van der Waals surface area (Å²) in [6, 6.07) is 6.22. The van der Waals surface area contributed by atoms with Gasteiger partial charge in [-0.05, 0) is 86.1 Å². The maximum atomic E-state index is 14.7. The number of piperidine rings is 1. The van der Waals surface area contributed by atoms with Gasteiger partial charge in [-0.3, -0.25) is 4.79 Å². The molecule has 0 bridgehead atoms. The van der Waals surface area contributed by atoms with Crippen molar-refractivity contribution >= 4 is 29.1 Å². The fraction of sp³-hybridized carbons (Fsp3) is 0.594. The first-order valence-electron chi connectivity index (χ1n) is 14.4. The van der Waals surface area contributed by atoms with Crippen molar-refractivity contribution in [3.8, 4) is 0 Å². The van der Waals surface area contributed by atoms with Gasteiger partial charge >= 0.3 is 6.18 Å². The molecule has 40 heavy (non-hydrogen) atoms. The first kappa shape index (κ1) is 31.2. The fourth-order valence-electron chi connectivity index (χ4n) is 7.02. The zero-order valence-corrected chi connectivity index (χ0v) is 25.0. The van der Waals surface area contributed by atoms with E-state index in [0.29, 0.717) is 48.6 Å². The minimum absolute atomic E-state index is 0.0181. The molecule has 2 unspecified atom stereocenters. The summed E-state index contributed by atoms with van der Waals surface area (Å²) in [6.07, 6.45) is 3.13. The van der Waals surface area contributed by atoms with E-state index in [2.05, 4.69) is 6.58 Å². The van der Waals surface area contributed by atoms with Crippen molar-refractivity contribution in [1.29, 1.82) is 0 Å². The number of alkyl halides is 3. The van der Waals surface area contributed by atoms with Gasteiger partial charge in [-0.1, -0.05) is 68.3 Å². The Morgan fingerprint density at radius 1 is 1.23 bits per heavy atom. The third-order valence-electron chi connectivity index (χ3n) is 9.49. The van der Waals surface area contributed by atoms with Gasteiger partial charge in [-0.2, -0.15) is 13.2 Å². The molecule has 1 aromatic rings. The van der Waals surface area contributed by atoms with Crippen molar-refractivity contribution in [2.24, 2.45) is 17.3 Å². The maximum absolute atomic E-state index is 14.7. The lowest BCUT2D eigenvalue weighted by molar-refractivity contribution is -0.275. The van der Waals surface area contributed by atoms with Crippen LogP contribution in [0.15, 0.2) is 59.7 Å². The number of hydrogen-bond acceptors (Lipinski definition) is 2. The number of aliphatic hydroxyl groups is 1. The number of nitrogens with zero attached hydrogens (tertiary/aromatic N) is 1. The predicted octanol–water partition coefficient (Wildman–Crippen LogP) is 8.96. The monoisotopic (exact) mass is 597 g/mol. The van der Waals surface area contributed by atoms with Gasteiger partial charge in [0, 0.05) is 28.4 Å². The lowest BCUT2D eigenvalue weighted by atomic mass is 9.63. The summed E-state index contributed by atoms with van der Waals surface area (Å²) >= 11 is 12.8. The second-order valence-corrected chi connectivity index (χ2v) is 12.9. The van der Waals surface area contributed by atoms with Crippen molar-refractivity contribution in [2.75, 3.05) is 0 Å². The van der Waals surface area contributed by atoms with E-state index in [1.54, 1.807) is 24.0 Å². The Hall–Kier alpha value is -1.76. The highest BCUT2D eigenvalue weighted by molar-refractivity contribution is 6.30. The number of allylic oxidation sites excluding steroid dienone is 4. The lowest BCUT2D eigenvalue weighted by Gasteiger charge is -2.55. The average Bonchev–Trinajstić information content (AvgIpc) is 3.74. The molecule has 0 aromatic heterocycles. The quantitative estimate of drug-likeness (QED) is 0.273. The highest BCUT2D eigenvalue weighted by Gasteiger charge is 2.63. The van der Waals surface area contributed by atoms with E-state index in [1.165, 1.54) is 0 Å². The van der Waals surface area contributed by atoms with Crippen LogP contribution in [-0.4, -0.2) is 39.8 Å². The molecule has 8 heteroatoms. The second-order valence-electron chi connectivity index (χ2n) is 12.0. The van der Waals surface area contributed by atoms with E-state index in [0.717, 1.165) is 11.1 Å². The zero-order chi connectivity index (χ0) is 29.5. The van der Waals surface area contributed by atoms with Gasteiger partial charge in [0.05, 0.1) is 11.5 Å². The Morgan fingerprint density at radius 3 is 2.45 bits per heavy atom. The molecule has 1 saturated carbocycles. The van der Waals surface area contributed by atoms with Gasteiger partial charge in [0.15, 0.2) is 5.60 Å². The number of amides is 1. The molecule has 220 valence electrons. The Labute approximate surface area is 246 Å².